The largest absolute Gasteiger partial charge is 0.144 e. The maximum absolute atomic E-state index is 3.89. The predicted octanol–water partition coefficient (Wildman–Crippen LogP) is 6.94. The van der Waals surface area contributed by atoms with Gasteiger partial charge in [0.1, 0.15) is 0 Å². The van der Waals surface area contributed by atoms with Crippen LogP contribution >= 0.6 is 59.1 Å². The average molecular weight is 479 g/mol. The standard InChI is InChI=1S/C16H15Br3S/c1-9-6-13(18)11(8-12(9)17)16(19)15-7-10-4-2-3-5-14(10)20-15/h6-8,16H,2-5H2,1H3. The minimum absolute atomic E-state index is 0.268. The van der Waals surface area contributed by atoms with Crippen LogP contribution < -0.4 is 0 Å². The molecule has 0 nitrogen and oxygen atoms in total. The minimum Gasteiger partial charge on any atom is -0.144 e. The Hall–Kier alpha value is 0.360. The molecule has 0 spiro atoms. The molecule has 0 saturated carbocycles. The fourth-order valence-electron chi connectivity index (χ4n) is 2.65. The summed E-state index contributed by atoms with van der Waals surface area (Å²) in [4.78, 5) is 3.29. The van der Waals surface area contributed by atoms with Crippen molar-refractivity contribution in [1.29, 1.82) is 0 Å². The lowest BCUT2D eigenvalue weighted by Gasteiger charge is -2.12. The third kappa shape index (κ3) is 2.94. The second-order valence-electron chi connectivity index (χ2n) is 5.29. The highest BCUT2D eigenvalue weighted by atomic mass is 79.9. The van der Waals surface area contributed by atoms with Crippen molar-refractivity contribution in [2.75, 3.05) is 0 Å². The summed E-state index contributed by atoms with van der Waals surface area (Å²) in [6.07, 6.45) is 5.21. The van der Waals surface area contributed by atoms with Crippen LogP contribution in [0.2, 0.25) is 0 Å². The SMILES string of the molecule is Cc1cc(Br)c(C(Br)c2cc3c(s2)CCCC3)cc1Br. The second kappa shape index (κ2) is 6.23. The number of rotatable bonds is 2. The van der Waals surface area contributed by atoms with Crippen LogP contribution in [0.4, 0.5) is 0 Å². The van der Waals surface area contributed by atoms with Gasteiger partial charge in [-0.2, -0.15) is 0 Å². The van der Waals surface area contributed by atoms with E-state index < -0.39 is 0 Å². The molecule has 0 amide bonds. The summed E-state index contributed by atoms with van der Waals surface area (Å²) in [5, 5.41) is 0. The molecule has 0 radical (unpaired) electrons. The van der Waals surface area contributed by atoms with Gasteiger partial charge in [-0.15, -0.1) is 11.3 Å². The van der Waals surface area contributed by atoms with Gasteiger partial charge in [-0.05, 0) is 67.5 Å². The Balaban J connectivity index is 1.98. The smallest absolute Gasteiger partial charge is 0.0749 e. The number of thiophene rings is 1. The number of benzene rings is 1. The molecule has 0 bridgehead atoms. The van der Waals surface area contributed by atoms with Crippen molar-refractivity contribution >= 4 is 59.1 Å². The molecule has 1 unspecified atom stereocenters. The van der Waals surface area contributed by atoms with Crippen molar-refractivity contribution in [3.8, 4) is 0 Å². The molecular formula is C16H15Br3S. The van der Waals surface area contributed by atoms with Gasteiger partial charge >= 0.3 is 0 Å². The van der Waals surface area contributed by atoms with Gasteiger partial charge in [0.05, 0.1) is 4.83 Å². The monoisotopic (exact) mass is 476 g/mol. The van der Waals surface area contributed by atoms with Crippen molar-refractivity contribution in [3.63, 3.8) is 0 Å². The topological polar surface area (TPSA) is 0 Å². The molecule has 1 heterocycles. The molecule has 0 N–H and O–H groups in total. The first-order valence-corrected chi connectivity index (χ1v) is 10.1. The van der Waals surface area contributed by atoms with Crippen LogP contribution in [0, 0.1) is 6.92 Å². The molecule has 1 aromatic heterocycles. The van der Waals surface area contributed by atoms with Gasteiger partial charge in [-0.1, -0.05) is 47.8 Å². The zero-order chi connectivity index (χ0) is 14.3. The Morgan fingerprint density at radius 1 is 1.05 bits per heavy atom. The van der Waals surface area contributed by atoms with Gasteiger partial charge < -0.3 is 0 Å². The van der Waals surface area contributed by atoms with Crippen LogP contribution in [0.25, 0.3) is 0 Å². The lowest BCUT2D eigenvalue weighted by atomic mass is 9.98. The minimum atomic E-state index is 0.268. The molecule has 2 aromatic rings. The van der Waals surface area contributed by atoms with Gasteiger partial charge in [0.2, 0.25) is 0 Å². The Labute approximate surface area is 149 Å². The van der Waals surface area contributed by atoms with Crippen molar-refractivity contribution in [1.82, 2.24) is 0 Å². The fraction of sp³-hybridized carbons (Fsp3) is 0.375. The van der Waals surface area contributed by atoms with E-state index in [1.807, 2.05) is 11.3 Å². The summed E-state index contributed by atoms with van der Waals surface area (Å²) in [7, 11) is 0. The molecule has 3 rings (SSSR count). The Bertz CT molecular complexity index is 622. The maximum atomic E-state index is 3.89. The molecule has 0 aliphatic heterocycles. The number of alkyl halides is 1. The quantitative estimate of drug-likeness (QED) is 0.410. The van der Waals surface area contributed by atoms with Gasteiger partial charge in [0.15, 0.2) is 0 Å². The Kier molecular flexibility index (Phi) is 4.76. The third-order valence-electron chi connectivity index (χ3n) is 3.82. The first-order valence-electron chi connectivity index (χ1n) is 6.77. The molecule has 20 heavy (non-hydrogen) atoms. The third-order valence-corrected chi connectivity index (χ3v) is 7.95. The lowest BCUT2D eigenvalue weighted by molar-refractivity contribution is 0.697. The average Bonchev–Trinajstić information content (AvgIpc) is 2.86. The van der Waals surface area contributed by atoms with E-state index in [0.29, 0.717) is 0 Å². The van der Waals surface area contributed by atoms with Crippen molar-refractivity contribution < 1.29 is 0 Å². The molecule has 0 saturated heterocycles. The zero-order valence-corrected chi connectivity index (χ0v) is 16.8. The van der Waals surface area contributed by atoms with E-state index in [1.165, 1.54) is 50.6 Å². The van der Waals surface area contributed by atoms with E-state index in [1.54, 1.807) is 10.4 Å². The summed E-state index contributed by atoms with van der Waals surface area (Å²) in [5.41, 5.74) is 4.12. The fourth-order valence-corrected chi connectivity index (χ4v) is 6.05. The summed E-state index contributed by atoms with van der Waals surface area (Å²) < 4.78 is 2.34. The lowest BCUT2D eigenvalue weighted by Crippen LogP contribution is -1.96. The van der Waals surface area contributed by atoms with Crippen LogP contribution in [0.5, 0.6) is 0 Å². The van der Waals surface area contributed by atoms with Crippen molar-refractivity contribution in [2.24, 2.45) is 0 Å². The summed E-state index contributed by atoms with van der Waals surface area (Å²) in [6, 6.07) is 6.80. The molecular weight excluding hydrogens is 464 g/mol. The second-order valence-corrected chi connectivity index (χ2v) is 9.08. The molecule has 1 aliphatic rings. The van der Waals surface area contributed by atoms with Crippen LogP contribution in [0.3, 0.4) is 0 Å². The van der Waals surface area contributed by atoms with Gasteiger partial charge in [0.25, 0.3) is 0 Å². The number of hydrogen-bond donors (Lipinski definition) is 0. The molecule has 4 heteroatoms. The van der Waals surface area contributed by atoms with E-state index in [2.05, 4.69) is 72.9 Å². The van der Waals surface area contributed by atoms with Crippen LogP contribution in [0.1, 0.15) is 44.1 Å². The summed E-state index contributed by atoms with van der Waals surface area (Å²) in [5.74, 6) is 0. The van der Waals surface area contributed by atoms with Crippen molar-refractivity contribution in [2.45, 2.75) is 37.4 Å². The van der Waals surface area contributed by atoms with E-state index in [-0.39, 0.29) is 4.83 Å². The van der Waals surface area contributed by atoms with Gasteiger partial charge in [-0.3, -0.25) is 0 Å². The Morgan fingerprint density at radius 3 is 2.55 bits per heavy atom. The van der Waals surface area contributed by atoms with Gasteiger partial charge in [-0.25, -0.2) is 0 Å². The first kappa shape index (κ1) is 15.3. The molecule has 106 valence electrons. The van der Waals surface area contributed by atoms with E-state index >= 15 is 0 Å². The summed E-state index contributed by atoms with van der Waals surface area (Å²) in [6.45, 7) is 2.12. The Morgan fingerprint density at radius 2 is 1.80 bits per heavy atom. The highest BCUT2D eigenvalue weighted by molar-refractivity contribution is 9.11. The zero-order valence-electron chi connectivity index (χ0n) is 11.2. The molecule has 1 aliphatic carbocycles. The highest BCUT2D eigenvalue weighted by Gasteiger charge is 2.20. The number of aryl methyl sites for hydroxylation is 3. The number of halogens is 3. The van der Waals surface area contributed by atoms with E-state index in [4.69, 9.17) is 0 Å². The molecule has 1 atom stereocenters. The van der Waals surface area contributed by atoms with Gasteiger partial charge in [0, 0.05) is 18.7 Å². The molecule has 1 aromatic carbocycles. The first-order chi connectivity index (χ1) is 9.56. The van der Waals surface area contributed by atoms with E-state index in [9.17, 15) is 0 Å². The van der Waals surface area contributed by atoms with E-state index in [0.717, 1.165) is 0 Å². The van der Waals surface area contributed by atoms with Crippen LogP contribution in [0.15, 0.2) is 27.1 Å². The van der Waals surface area contributed by atoms with Crippen molar-refractivity contribution in [3.05, 3.63) is 53.6 Å². The molecule has 0 fully saturated rings. The highest BCUT2D eigenvalue weighted by Crippen LogP contribution is 2.42. The van der Waals surface area contributed by atoms with Crippen LogP contribution in [-0.4, -0.2) is 0 Å². The predicted molar refractivity (Wildman–Crippen MR) is 98.3 cm³/mol. The maximum Gasteiger partial charge on any atom is 0.0749 e. The number of hydrogen-bond acceptors (Lipinski definition) is 1. The number of fused-ring (bicyclic) bond motifs is 1. The summed E-state index contributed by atoms with van der Waals surface area (Å²) >= 11 is 13.2. The normalized spacial score (nSPS) is 16.0. The van der Waals surface area contributed by atoms with Crippen LogP contribution in [-0.2, 0) is 12.8 Å².